The zero-order chi connectivity index (χ0) is 35.3. The molecule has 0 bridgehead atoms. The number of carbonyl (C=O) groups is 4. The van der Waals surface area contributed by atoms with Crippen LogP contribution in [-0.2, 0) is 19.2 Å². The molecular weight excluding hydrogens is 698 g/mol. The number of halogens is 7. The van der Waals surface area contributed by atoms with Gasteiger partial charge in [0, 0.05) is 17.5 Å². The third-order valence-corrected chi connectivity index (χ3v) is 12.2. The molecule has 2 saturated heterocycles. The molecule has 6 unspecified atom stereocenters. The molecule has 8 nitrogen and oxygen atoms in total. The Kier molecular flexibility index (Phi) is 8.05. The van der Waals surface area contributed by atoms with Crippen LogP contribution in [0.15, 0.2) is 29.8 Å². The van der Waals surface area contributed by atoms with Gasteiger partial charge in [-0.25, -0.2) is 26.9 Å². The number of phenols is 1. The minimum absolute atomic E-state index is 0.0262. The van der Waals surface area contributed by atoms with E-state index in [1.54, 1.807) is 13.0 Å². The van der Waals surface area contributed by atoms with Gasteiger partial charge < -0.3 is 9.84 Å². The number of imide groups is 2. The van der Waals surface area contributed by atoms with Crippen molar-refractivity contribution >= 4 is 52.5 Å². The molecule has 2 aromatic rings. The molecule has 2 saturated carbocycles. The maximum atomic E-state index is 15.2. The maximum Gasteiger partial charge on any atom is 0.258 e. The molecule has 4 amide bonds. The normalized spacial score (nSPS) is 31.6. The molecule has 7 rings (SSSR count). The highest BCUT2D eigenvalue weighted by molar-refractivity contribution is 6.58. The molecule has 1 N–H and O–H groups in total. The van der Waals surface area contributed by atoms with Crippen molar-refractivity contribution in [1.82, 2.24) is 4.90 Å². The molecule has 0 spiro atoms. The van der Waals surface area contributed by atoms with Gasteiger partial charge >= 0.3 is 0 Å². The van der Waals surface area contributed by atoms with E-state index in [0.717, 1.165) is 19.3 Å². The summed E-state index contributed by atoms with van der Waals surface area (Å²) in [5.74, 6) is -21.5. The number of fused-ring (bicyclic) bond motifs is 4. The van der Waals surface area contributed by atoms with Crippen molar-refractivity contribution in [3.8, 4) is 11.5 Å². The van der Waals surface area contributed by atoms with E-state index in [1.165, 1.54) is 23.1 Å². The molecule has 6 atom stereocenters. The number of nitrogens with zero attached hydrogens (tertiary/aromatic N) is 2. The predicted octanol–water partition coefficient (Wildman–Crippen LogP) is 6.38. The Morgan fingerprint density at radius 2 is 1.51 bits per heavy atom. The highest BCUT2D eigenvalue weighted by atomic mass is 35.5. The summed E-state index contributed by atoms with van der Waals surface area (Å²) in [6.07, 6.45) is 4.87. The van der Waals surface area contributed by atoms with Crippen molar-refractivity contribution in [2.75, 3.05) is 11.5 Å². The van der Waals surface area contributed by atoms with Crippen LogP contribution < -0.4 is 9.64 Å². The van der Waals surface area contributed by atoms with Crippen LogP contribution in [0.25, 0.3) is 0 Å². The predicted molar refractivity (Wildman–Crippen MR) is 164 cm³/mol. The first kappa shape index (κ1) is 33.8. The van der Waals surface area contributed by atoms with Crippen molar-refractivity contribution in [3.63, 3.8) is 0 Å². The molecule has 0 radical (unpaired) electrons. The lowest BCUT2D eigenvalue weighted by Gasteiger charge is -2.50. The molecule has 0 aromatic heterocycles. The monoisotopic (exact) mass is 726 g/mol. The van der Waals surface area contributed by atoms with Crippen LogP contribution >= 0.6 is 23.2 Å². The lowest BCUT2D eigenvalue weighted by molar-refractivity contribution is -0.143. The fourth-order valence-corrected chi connectivity index (χ4v) is 9.61. The zero-order valence-corrected chi connectivity index (χ0v) is 27.4. The molecule has 49 heavy (non-hydrogen) atoms. The average Bonchev–Trinajstić information content (AvgIpc) is 3.43. The van der Waals surface area contributed by atoms with Gasteiger partial charge in [-0.3, -0.25) is 24.1 Å². The Bertz CT molecular complexity index is 1840. The molecule has 5 aliphatic rings. The first-order valence-electron chi connectivity index (χ1n) is 16.0. The molecule has 2 aromatic carbocycles. The lowest BCUT2D eigenvalue weighted by Crippen LogP contribution is -2.60. The van der Waals surface area contributed by atoms with E-state index >= 15 is 8.78 Å². The highest BCUT2D eigenvalue weighted by Crippen LogP contribution is 2.67. The van der Waals surface area contributed by atoms with Crippen LogP contribution in [0.2, 0.25) is 0 Å². The number of rotatable bonds is 5. The van der Waals surface area contributed by atoms with E-state index in [4.69, 9.17) is 27.9 Å². The Morgan fingerprint density at radius 1 is 0.878 bits per heavy atom. The number of para-hydroxylation sites is 1. The second kappa shape index (κ2) is 11.7. The summed E-state index contributed by atoms with van der Waals surface area (Å²) in [7, 11) is 0. The Labute approximate surface area is 286 Å². The fraction of sp³-hybridized carbons (Fsp3) is 0.471. The summed E-state index contributed by atoms with van der Waals surface area (Å²) in [4.78, 5) is 52.3. The van der Waals surface area contributed by atoms with Gasteiger partial charge in [0.2, 0.25) is 17.6 Å². The number of carbonyl (C=O) groups excluding carboxylic acids is 4. The third-order valence-electron chi connectivity index (χ3n) is 10.8. The van der Waals surface area contributed by atoms with Crippen LogP contribution in [0.3, 0.4) is 0 Å². The topological polar surface area (TPSA) is 104 Å². The zero-order valence-electron chi connectivity index (χ0n) is 25.9. The molecule has 2 aliphatic heterocycles. The van der Waals surface area contributed by atoms with Gasteiger partial charge in [-0.1, -0.05) is 43.0 Å². The van der Waals surface area contributed by atoms with Crippen LogP contribution in [0.5, 0.6) is 11.5 Å². The van der Waals surface area contributed by atoms with Crippen LogP contribution in [0.4, 0.5) is 27.6 Å². The Hall–Kier alpha value is -3.71. The number of aromatic hydroxyl groups is 1. The van der Waals surface area contributed by atoms with Crippen molar-refractivity contribution in [2.45, 2.75) is 73.6 Å². The third kappa shape index (κ3) is 4.39. The van der Waals surface area contributed by atoms with Crippen molar-refractivity contribution < 1.29 is 51.0 Å². The molecule has 2 heterocycles. The van der Waals surface area contributed by atoms with Gasteiger partial charge in [-0.15, -0.1) is 23.2 Å². The van der Waals surface area contributed by atoms with Gasteiger partial charge in [-0.05, 0) is 44.6 Å². The van der Waals surface area contributed by atoms with Crippen molar-refractivity contribution in [2.24, 2.45) is 17.8 Å². The summed E-state index contributed by atoms with van der Waals surface area (Å²) >= 11 is 14.3. The lowest BCUT2D eigenvalue weighted by atomic mass is 9.56. The van der Waals surface area contributed by atoms with Crippen LogP contribution in [0, 0.1) is 46.8 Å². The van der Waals surface area contributed by atoms with E-state index in [2.05, 4.69) is 0 Å². The number of hydrogen-bond donors (Lipinski definition) is 1. The number of phenolic OH excluding ortho intramolecular Hbond substituents is 1. The standard InChI is InChI=1S/C34H29Cl2F5N2O6/c1-2-49-19-10-6-9-17(28(19)44)21-15-11-12-16-20(30(46)42(29(16)45)14-7-4-3-5-8-14)18(15)13-33(35)31(47)43(32(48)34(21,33)36)27-25(40)23(38)22(37)24(39)26(27)41/h6,9-11,14,16,18,20-21,44H,2-5,7-8,12-13H2,1H3. The maximum absolute atomic E-state index is 15.2. The summed E-state index contributed by atoms with van der Waals surface area (Å²) < 4.78 is 78.9. The van der Waals surface area contributed by atoms with E-state index in [0.29, 0.717) is 12.8 Å². The van der Waals surface area contributed by atoms with Gasteiger partial charge in [0.15, 0.2) is 44.5 Å². The Morgan fingerprint density at radius 3 is 2.14 bits per heavy atom. The van der Waals surface area contributed by atoms with E-state index in [1.807, 2.05) is 0 Å². The first-order valence-corrected chi connectivity index (χ1v) is 16.8. The minimum atomic E-state index is -2.74. The number of likely N-dealkylation sites (tertiary alicyclic amines) is 1. The number of benzene rings is 2. The van der Waals surface area contributed by atoms with E-state index in [-0.39, 0.29) is 40.9 Å². The van der Waals surface area contributed by atoms with Gasteiger partial charge in [0.05, 0.1) is 18.4 Å². The quantitative estimate of drug-likeness (QED) is 0.0958. The van der Waals surface area contributed by atoms with Gasteiger partial charge in [-0.2, -0.15) is 0 Å². The molecule has 3 aliphatic carbocycles. The van der Waals surface area contributed by atoms with E-state index in [9.17, 15) is 37.5 Å². The van der Waals surface area contributed by atoms with Crippen LogP contribution in [-0.4, -0.2) is 56.0 Å². The molecular formula is C34H29Cl2F5N2O6. The number of hydrogen-bond acceptors (Lipinski definition) is 6. The summed E-state index contributed by atoms with van der Waals surface area (Å²) in [6, 6.07) is 3.89. The molecule has 15 heteroatoms. The summed E-state index contributed by atoms with van der Waals surface area (Å²) in [6.45, 7) is 1.74. The second-order valence-corrected chi connectivity index (χ2v) is 14.4. The van der Waals surface area contributed by atoms with Crippen molar-refractivity contribution in [1.29, 1.82) is 0 Å². The number of allylic oxidation sites excluding steroid dienone is 2. The van der Waals surface area contributed by atoms with E-state index < -0.39 is 104 Å². The summed E-state index contributed by atoms with van der Waals surface area (Å²) in [5.41, 5.74) is -1.72. The van der Waals surface area contributed by atoms with Crippen LogP contribution in [0.1, 0.15) is 63.4 Å². The first-order chi connectivity index (χ1) is 23.2. The number of anilines is 1. The number of ether oxygens (including phenoxy) is 1. The molecule has 4 fully saturated rings. The smallest absolute Gasteiger partial charge is 0.258 e. The van der Waals surface area contributed by atoms with Crippen molar-refractivity contribution in [3.05, 3.63) is 64.5 Å². The minimum Gasteiger partial charge on any atom is -0.504 e. The highest BCUT2D eigenvalue weighted by Gasteiger charge is 2.77. The number of amides is 4. The van der Waals surface area contributed by atoms with Gasteiger partial charge in [0.1, 0.15) is 5.69 Å². The fourth-order valence-electron chi connectivity index (χ4n) is 8.68. The molecule has 260 valence electrons. The average molecular weight is 728 g/mol. The largest absolute Gasteiger partial charge is 0.504 e. The SMILES string of the molecule is CCOc1cccc(C2C3=CCC4C(=O)N(C5CCCCC5)C(=O)C4C3CC3(Cl)C(=O)N(c4c(F)c(F)c(F)c(F)c4F)C(=O)C23Cl)c1O. The van der Waals surface area contributed by atoms with Gasteiger partial charge in [0.25, 0.3) is 11.8 Å². The number of alkyl halides is 2. The second-order valence-electron chi connectivity index (χ2n) is 13.2. The summed E-state index contributed by atoms with van der Waals surface area (Å²) in [5, 5.41) is 11.4. The Balaban J connectivity index is 1.43.